The number of Topliss-reactive ketones (excluding diaryl/α,β-unsaturated/α-hetero) is 1. The van der Waals surface area contributed by atoms with Crippen molar-refractivity contribution in [3.05, 3.63) is 63.7 Å². The minimum Gasteiger partial charge on any atom is -0.462 e. The molecule has 3 atom stereocenters. The fourth-order valence-electron chi connectivity index (χ4n) is 4.04. The number of nitrogens with zero attached hydrogens (tertiary/aromatic N) is 3. The van der Waals surface area contributed by atoms with Crippen LogP contribution in [0.3, 0.4) is 0 Å². The Labute approximate surface area is 172 Å². The van der Waals surface area contributed by atoms with Gasteiger partial charge in [-0.15, -0.1) is 0 Å². The van der Waals surface area contributed by atoms with Gasteiger partial charge in [-0.1, -0.05) is 24.6 Å². The number of hydrogen-bond acceptors (Lipinski definition) is 6. The number of rotatable bonds is 5. The Kier molecular flexibility index (Phi) is 4.75. The zero-order valence-corrected chi connectivity index (χ0v) is 16.4. The maximum Gasteiger partial charge on any atom is 0.283 e. The third-order valence-corrected chi connectivity index (χ3v) is 5.85. The summed E-state index contributed by atoms with van der Waals surface area (Å²) in [5.74, 6) is -0.640. The second-order valence-electron chi connectivity index (χ2n) is 7.31. The molecule has 0 saturated heterocycles. The van der Waals surface area contributed by atoms with Crippen molar-refractivity contribution in [2.75, 3.05) is 0 Å². The predicted molar refractivity (Wildman–Crippen MR) is 105 cm³/mol. The first-order valence-corrected chi connectivity index (χ1v) is 9.65. The van der Waals surface area contributed by atoms with Gasteiger partial charge in [-0.05, 0) is 36.6 Å². The molecule has 0 amide bonds. The molecule has 0 bridgehead atoms. The number of aliphatic imine (C=N–C) groups is 1. The molecule has 1 aromatic heterocycles. The molecule has 2 heterocycles. The van der Waals surface area contributed by atoms with Gasteiger partial charge in [0.2, 0.25) is 0 Å². The van der Waals surface area contributed by atoms with Crippen molar-refractivity contribution in [3.63, 3.8) is 0 Å². The Bertz CT molecular complexity index is 1080. The molecule has 8 heteroatoms. The molecule has 2 N–H and O–H groups in total. The first kappa shape index (κ1) is 19.3. The first-order valence-electron chi connectivity index (χ1n) is 9.27. The lowest BCUT2D eigenvalue weighted by Crippen LogP contribution is -2.37. The fraction of sp³-hybridized carbons (Fsp3) is 0.333. The number of benzene rings is 1. The monoisotopic (exact) mass is 412 g/mol. The van der Waals surface area contributed by atoms with Crippen molar-refractivity contribution in [1.82, 2.24) is 4.98 Å². The number of carbonyl (C=O) groups is 1. The maximum atomic E-state index is 14.8. The van der Waals surface area contributed by atoms with E-state index >= 15 is 0 Å². The van der Waals surface area contributed by atoms with Crippen LogP contribution in [-0.2, 0) is 16.7 Å². The molecule has 2 aliphatic rings. The molecule has 0 radical (unpaired) electrons. The van der Waals surface area contributed by atoms with Gasteiger partial charge in [-0.3, -0.25) is 9.78 Å². The Morgan fingerprint density at radius 1 is 1.48 bits per heavy atom. The van der Waals surface area contributed by atoms with E-state index in [0.29, 0.717) is 17.5 Å². The van der Waals surface area contributed by atoms with Gasteiger partial charge in [0.25, 0.3) is 6.02 Å². The topological polar surface area (TPSA) is 101 Å². The summed E-state index contributed by atoms with van der Waals surface area (Å²) >= 11 is 6.09. The summed E-state index contributed by atoms with van der Waals surface area (Å²) in [6, 6.07) is 7.98. The molecule has 1 aliphatic carbocycles. The van der Waals surface area contributed by atoms with E-state index in [0.717, 1.165) is 6.42 Å². The van der Waals surface area contributed by atoms with E-state index in [1.807, 2.05) is 13.0 Å². The van der Waals surface area contributed by atoms with Crippen LogP contribution in [0.15, 0.2) is 35.5 Å². The lowest BCUT2D eigenvalue weighted by molar-refractivity contribution is 0.0988. The first-order chi connectivity index (χ1) is 13.9. The lowest BCUT2D eigenvalue weighted by atomic mass is 9.81. The number of amidine groups is 1. The fourth-order valence-corrected chi connectivity index (χ4v) is 4.32. The average molecular weight is 413 g/mol. The predicted octanol–water partition coefficient (Wildman–Crippen LogP) is 3.51. The van der Waals surface area contributed by atoms with Crippen LogP contribution in [0.1, 0.15) is 46.9 Å². The molecular formula is C21H18ClFN4O2. The highest BCUT2D eigenvalue weighted by Crippen LogP contribution is 2.55. The van der Waals surface area contributed by atoms with Crippen LogP contribution in [0.5, 0.6) is 0 Å². The molecule has 1 aliphatic heterocycles. The van der Waals surface area contributed by atoms with Crippen LogP contribution < -0.4 is 5.73 Å². The normalized spacial score (nSPS) is 24.7. The minimum atomic E-state index is -0.791. The van der Waals surface area contributed by atoms with Crippen LogP contribution in [0.2, 0.25) is 5.02 Å². The molecule has 2 aromatic rings. The van der Waals surface area contributed by atoms with Gasteiger partial charge < -0.3 is 10.5 Å². The summed E-state index contributed by atoms with van der Waals surface area (Å²) in [6.45, 7) is 1.94. The van der Waals surface area contributed by atoms with Gasteiger partial charge in [0, 0.05) is 24.1 Å². The smallest absolute Gasteiger partial charge is 0.283 e. The number of fused-ring (bicyclic) bond motifs is 1. The van der Waals surface area contributed by atoms with Crippen LogP contribution in [0, 0.1) is 23.1 Å². The summed E-state index contributed by atoms with van der Waals surface area (Å²) in [5.41, 5.74) is 6.44. The zero-order valence-electron chi connectivity index (χ0n) is 15.7. The number of nitriles is 1. The van der Waals surface area contributed by atoms with Gasteiger partial charge in [-0.25, -0.2) is 9.38 Å². The highest BCUT2D eigenvalue weighted by molar-refractivity contribution is 6.33. The minimum absolute atomic E-state index is 0.00448. The molecule has 0 spiro atoms. The highest BCUT2D eigenvalue weighted by atomic mass is 35.5. The van der Waals surface area contributed by atoms with E-state index in [9.17, 15) is 9.18 Å². The molecule has 1 fully saturated rings. The third kappa shape index (κ3) is 3.34. The molecule has 1 saturated carbocycles. The molecule has 6 nitrogen and oxygen atoms in total. The molecular weight excluding hydrogens is 395 g/mol. The van der Waals surface area contributed by atoms with Crippen molar-refractivity contribution >= 4 is 23.4 Å². The largest absolute Gasteiger partial charge is 0.462 e. The van der Waals surface area contributed by atoms with Crippen LogP contribution in [0.4, 0.5) is 4.39 Å². The summed E-state index contributed by atoms with van der Waals surface area (Å²) in [4.78, 5) is 21.2. The molecule has 0 unspecified atom stereocenters. The van der Waals surface area contributed by atoms with Gasteiger partial charge in [0.05, 0.1) is 10.6 Å². The number of hydrogen-bond donors (Lipinski definition) is 1. The summed E-state index contributed by atoms with van der Waals surface area (Å²) in [6.07, 6.45) is 2.59. The van der Waals surface area contributed by atoms with Gasteiger partial charge >= 0.3 is 0 Å². The van der Waals surface area contributed by atoms with E-state index < -0.39 is 5.54 Å². The number of halogens is 2. The quantitative estimate of drug-likeness (QED) is 0.757. The number of nitrogens with two attached hydrogens (primary N) is 1. The highest BCUT2D eigenvalue weighted by Gasteiger charge is 2.58. The number of pyridine rings is 1. The van der Waals surface area contributed by atoms with Crippen molar-refractivity contribution in [3.8, 4) is 6.07 Å². The number of ether oxygens (including phenoxy) is 1. The van der Waals surface area contributed by atoms with E-state index in [1.165, 1.54) is 18.3 Å². The van der Waals surface area contributed by atoms with Crippen molar-refractivity contribution in [2.24, 2.45) is 16.6 Å². The van der Waals surface area contributed by atoms with E-state index in [4.69, 9.17) is 27.3 Å². The number of aromatic nitrogens is 1. The Morgan fingerprint density at radius 2 is 2.28 bits per heavy atom. The molecule has 148 valence electrons. The van der Waals surface area contributed by atoms with Crippen LogP contribution in [-0.4, -0.2) is 22.9 Å². The van der Waals surface area contributed by atoms with Crippen LogP contribution in [0.25, 0.3) is 0 Å². The maximum absolute atomic E-state index is 14.8. The van der Waals surface area contributed by atoms with Crippen LogP contribution >= 0.6 is 11.6 Å². The van der Waals surface area contributed by atoms with Gasteiger partial charge in [0.1, 0.15) is 29.2 Å². The van der Waals surface area contributed by atoms with Crippen molar-refractivity contribution in [1.29, 1.82) is 5.26 Å². The van der Waals surface area contributed by atoms with Gasteiger partial charge in [-0.2, -0.15) is 5.26 Å². The van der Waals surface area contributed by atoms with E-state index in [2.05, 4.69) is 9.98 Å². The third-order valence-electron chi connectivity index (χ3n) is 5.56. The molecule has 1 aromatic carbocycles. The summed E-state index contributed by atoms with van der Waals surface area (Å²) < 4.78 is 20.3. The summed E-state index contributed by atoms with van der Waals surface area (Å²) in [7, 11) is 0. The zero-order chi connectivity index (χ0) is 20.8. The number of ketones is 1. The summed E-state index contributed by atoms with van der Waals surface area (Å²) in [5, 5.41) is 9.02. The Hall–Kier alpha value is -2.98. The van der Waals surface area contributed by atoms with Crippen molar-refractivity contribution < 1.29 is 13.9 Å². The Balaban J connectivity index is 1.67. The Morgan fingerprint density at radius 3 is 2.97 bits per heavy atom. The van der Waals surface area contributed by atoms with Crippen molar-refractivity contribution in [2.45, 2.75) is 37.8 Å². The lowest BCUT2D eigenvalue weighted by Gasteiger charge is -2.33. The SMILES string of the molecule is CC[C@]1(c2cc(CC(=O)c3ncc(C#N)cc3Cl)ccc2F)N=C(N)O[C@@H]2C[C@@H]21. The average Bonchev–Trinajstić information content (AvgIpc) is 3.48. The molecule has 4 rings (SSSR count). The standard InChI is InChI=1S/C21H18ClFN4O2/c1-2-21(14-8-18(14)29-20(25)27-21)13-5-11(3-4-16(13)23)7-17(28)19-15(22)6-12(9-24)10-26-19/h3-6,10,14,18H,2,7-8H2,1H3,(H2,25,27)/t14-,18+,21+/m0/s1. The number of carbonyl (C=O) groups excluding carboxylic acids is 1. The van der Waals surface area contributed by atoms with E-state index in [-0.39, 0.29) is 52.3 Å². The second-order valence-corrected chi connectivity index (χ2v) is 7.71. The second kappa shape index (κ2) is 7.12. The van der Waals surface area contributed by atoms with E-state index in [1.54, 1.807) is 12.1 Å². The molecule has 29 heavy (non-hydrogen) atoms. The van der Waals surface area contributed by atoms with Gasteiger partial charge in [0.15, 0.2) is 5.78 Å².